The summed E-state index contributed by atoms with van der Waals surface area (Å²) < 4.78 is 36.2. The van der Waals surface area contributed by atoms with Crippen molar-refractivity contribution in [3.63, 3.8) is 0 Å². The van der Waals surface area contributed by atoms with Crippen molar-refractivity contribution >= 4 is 15.9 Å². The van der Waals surface area contributed by atoms with E-state index in [-0.39, 0.29) is 4.47 Å². The van der Waals surface area contributed by atoms with Crippen LogP contribution in [0.3, 0.4) is 0 Å². The van der Waals surface area contributed by atoms with Gasteiger partial charge in [0, 0.05) is 6.07 Å². The van der Waals surface area contributed by atoms with Crippen molar-refractivity contribution in [1.29, 1.82) is 0 Å². The van der Waals surface area contributed by atoms with Crippen LogP contribution in [0.2, 0.25) is 0 Å². The zero-order chi connectivity index (χ0) is 9.35. The first kappa shape index (κ1) is 9.31. The number of pyridine rings is 1. The molecule has 0 saturated carbocycles. The predicted molar refractivity (Wildman–Crippen MR) is 38.1 cm³/mol. The van der Waals surface area contributed by atoms with Crippen LogP contribution in [0.5, 0.6) is 0 Å². The molecule has 0 aliphatic carbocycles. The summed E-state index contributed by atoms with van der Waals surface area (Å²) in [6.45, 7) is 0. The summed E-state index contributed by atoms with van der Waals surface area (Å²) in [5, 5.41) is 10.5. The molecule has 0 aliphatic heterocycles. The normalized spacial score (nSPS) is 11.7. The van der Waals surface area contributed by atoms with Crippen LogP contribution in [0.4, 0.5) is 13.2 Å². The number of aromatic nitrogens is 1. The molecule has 0 amide bonds. The van der Waals surface area contributed by atoms with Crippen LogP contribution in [0.1, 0.15) is 5.56 Å². The summed E-state index contributed by atoms with van der Waals surface area (Å²) in [7, 11) is 0. The summed E-state index contributed by atoms with van der Waals surface area (Å²) >= 11 is 2.64. The van der Waals surface area contributed by atoms with E-state index < -0.39 is 11.7 Å². The van der Waals surface area contributed by atoms with Crippen molar-refractivity contribution in [1.82, 2.24) is 0 Å². The van der Waals surface area contributed by atoms with E-state index in [1.807, 2.05) is 0 Å². The third-order valence-corrected chi connectivity index (χ3v) is 1.82. The lowest BCUT2D eigenvalue weighted by atomic mass is 10.3. The van der Waals surface area contributed by atoms with Gasteiger partial charge in [0.05, 0.1) is 10.0 Å². The molecule has 0 atom stereocenters. The monoisotopic (exact) mass is 241 g/mol. The number of halogens is 4. The second-order valence-corrected chi connectivity index (χ2v) is 2.92. The molecule has 0 N–H and O–H groups in total. The van der Waals surface area contributed by atoms with Crippen LogP contribution < -0.4 is 4.73 Å². The fraction of sp³-hybridized carbons (Fsp3) is 0.167. The summed E-state index contributed by atoms with van der Waals surface area (Å²) in [4.78, 5) is 0. The van der Waals surface area contributed by atoms with E-state index in [9.17, 15) is 18.4 Å². The Balaban J connectivity index is 3.19. The predicted octanol–water partition coefficient (Wildman–Crippen LogP) is 2.10. The molecule has 0 radical (unpaired) electrons. The molecule has 1 heterocycles. The Morgan fingerprint density at radius 2 is 2.00 bits per heavy atom. The van der Waals surface area contributed by atoms with Crippen molar-refractivity contribution in [3.05, 3.63) is 33.7 Å². The van der Waals surface area contributed by atoms with Gasteiger partial charge in [0.2, 0.25) is 0 Å². The fourth-order valence-electron chi connectivity index (χ4n) is 0.682. The maximum absolute atomic E-state index is 12.0. The number of rotatable bonds is 0. The molecule has 0 aliphatic rings. The van der Waals surface area contributed by atoms with Crippen molar-refractivity contribution in [2.24, 2.45) is 0 Å². The zero-order valence-corrected chi connectivity index (χ0v) is 7.19. The average molecular weight is 242 g/mol. The van der Waals surface area contributed by atoms with Gasteiger partial charge in [-0.05, 0) is 15.9 Å². The highest BCUT2D eigenvalue weighted by atomic mass is 79.9. The molecule has 1 aromatic rings. The molecule has 0 bridgehead atoms. The molecule has 1 rings (SSSR count). The Morgan fingerprint density at radius 1 is 1.42 bits per heavy atom. The Kier molecular flexibility index (Phi) is 2.27. The van der Waals surface area contributed by atoms with E-state index in [0.717, 1.165) is 18.5 Å². The highest BCUT2D eigenvalue weighted by Gasteiger charge is 2.33. The third-order valence-electron chi connectivity index (χ3n) is 1.19. The summed E-state index contributed by atoms with van der Waals surface area (Å²) in [6, 6.07) is 0.719. The van der Waals surface area contributed by atoms with E-state index >= 15 is 0 Å². The van der Waals surface area contributed by atoms with Crippen LogP contribution in [-0.2, 0) is 6.18 Å². The van der Waals surface area contributed by atoms with Crippen molar-refractivity contribution in [2.45, 2.75) is 6.18 Å². The Labute approximate surface area is 74.3 Å². The van der Waals surface area contributed by atoms with Gasteiger partial charge in [-0.3, -0.25) is 0 Å². The highest BCUT2D eigenvalue weighted by molar-refractivity contribution is 9.10. The van der Waals surface area contributed by atoms with E-state index in [1.54, 1.807) is 0 Å². The van der Waals surface area contributed by atoms with E-state index in [2.05, 4.69) is 15.9 Å². The second kappa shape index (κ2) is 2.93. The van der Waals surface area contributed by atoms with Gasteiger partial charge in [-0.1, -0.05) is 0 Å². The quantitative estimate of drug-likeness (QED) is 0.505. The first-order valence-electron chi connectivity index (χ1n) is 2.87. The van der Waals surface area contributed by atoms with E-state index in [1.165, 1.54) is 0 Å². The lowest BCUT2D eigenvalue weighted by Crippen LogP contribution is -2.25. The first-order chi connectivity index (χ1) is 5.41. The lowest BCUT2D eigenvalue weighted by molar-refractivity contribution is -0.606. The molecule has 1 aromatic heterocycles. The van der Waals surface area contributed by atoms with Gasteiger partial charge in [-0.2, -0.15) is 17.9 Å². The average Bonchev–Trinajstić information content (AvgIpc) is 1.83. The molecular weight excluding hydrogens is 239 g/mol. The topological polar surface area (TPSA) is 26.9 Å². The van der Waals surface area contributed by atoms with Crippen LogP contribution >= 0.6 is 15.9 Å². The maximum atomic E-state index is 12.0. The van der Waals surface area contributed by atoms with Crippen molar-refractivity contribution < 1.29 is 17.9 Å². The second-order valence-electron chi connectivity index (χ2n) is 2.06. The van der Waals surface area contributed by atoms with Crippen molar-refractivity contribution in [3.8, 4) is 0 Å². The smallest absolute Gasteiger partial charge is 0.417 e. The minimum Gasteiger partial charge on any atom is -0.619 e. The largest absolute Gasteiger partial charge is 0.619 e. The first-order valence-corrected chi connectivity index (χ1v) is 3.66. The standard InChI is InChI=1S/C6H3BrF3NO/c7-5-3-11(12)2-1-4(5)6(8,9)10/h1-3H. The number of hydrogen-bond acceptors (Lipinski definition) is 1. The summed E-state index contributed by atoms with van der Waals surface area (Å²) in [5.74, 6) is 0. The van der Waals surface area contributed by atoms with Gasteiger partial charge in [-0.25, -0.2) is 0 Å². The molecule has 6 heteroatoms. The van der Waals surface area contributed by atoms with Crippen LogP contribution in [0, 0.1) is 5.21 Å². The minimum atomic E-state index is -4.42. The minimum absolute atomic E-state index is 0.257. The van der Waals surface area contributed by atoms with Gasteiger partial charge < -0.3 is 5.21 Å². The third kappa shape index (κ3) is 1.88. The Bertz CT molecular complexity index is 299. The van der Waals surface area contributed by atoms with Gasteiger partial charge in [0.15, 0.2) is 12.4 Å². The van der Waals surface area contributed by atoms with Gasteiger partial charge >= 0.3 is 6.18 Å². The van der Waals surface area contributed by atoms with Gasteiger partial charge in [-0.15, -0.1) is 0 Å². The lowest BCUT2D eigenvalue weighted by Gasteiger charge is -2.07. The number of alkyl halides is 3. The van der Waals surface area contributed by atoms with Crippen LogP contribution in [-0.4, -0.2) is 0 Å². The maximum Gasteiger partial charge on any atom is 0.417 e. The molecule has 0 unspecified atom stereocenters. The molecule has 0 fully saturated rings. The van der Waals surface area contributed by atoms with E-state index in [4.69, 9.17) is 0 Å². The van der Waals surface area contributed by atoms with Crippen molar-refractivity contribution in [2.75, 3.05) is 0 Å². The van der Waals surface area contributed by atoms with E-state index in [0.29, 0.717) is 4.73 Å². The molecule has 66 valence electrons. The van der Waals surface area contributed by atoms with Gasteiger partial charge in [0.1, 0.15) is 0 Å². The number of hydrogen-bond donors (Lipinski definition) is 0. The summed E-state index contributed by atoms with van der Waals surface area (Å²) in [5.41, 5.74) is -0.852. The fourth-order valence-corrected chi connectivity index (χ4v) is 1.24. The molecular formula is C6H3BrF3NO. The number of nitrogens with zero attached hydrogens (tertiary/aromatic N) is 1. The Hall–Kier alpha value is -0.780. The van der Waals surface area contributed by atoms with Gasteiger partial charge in [0.25, 0.3) is 0 Å². The molecule has 12 heavy (non-hydrogen) atoms. The highest BCUT2D eigenvalue weighted by Crippen LogP contribution is 2.33. The molecule has 0 aromatic carbocycles. The zero-order valence-electron chi connectivity index (χ0n) is 5.60. The molecule has 0 spiro atoms. The van der Waals surface area contributed by atoms with Crippen LogP contribution in [0.25, 0.3) is 0 Å². The van der Waals surface area contributed by atoms with Crippen LogP contribution in [0.15, 0.2) is 22.9 Å². The molecule has 2 nitrogen and oxygen atoms in total. The molecule has 0 saturated heterocycles. The Morgan fingerprint density at radius 3 is 2.42 bits per heavy atom. The SMILES string of the molecule is [O-][n+]1ccc(C(F)(F)F)c(Br)c1. The summed E-state index contributed by atoms with van der Waals surface area (Å²) in [6.07, 6.45) is -2.82.